The predicted molar refractivity (Wildman–Crippen MR) is 119 cm³/mol. The number of rotatable bonds is 10. The van der Waals surface area contributed by atoms with Crippen molar-refractivity contribution in [2.24, 2.45) is 0 Å². The molecule has 0 fully saturated rings. The maximum atomic E-state index is 9.79. The molecule has 3 nitrogen and oxygen atoms in total. The summed E-state index contributed by atoms with van der Waals surface area (Å²) in [4.78, 5) is 2.07. The minimum Gasteiger partial charge on any atom is -0.488 e. The van der Waals surface area contributed by atoms with Crippen molar-refractivity contribution in [1.82, 2.24) is 0 Å². The molecule has 29 heavy (non-hydrogen) atoms. The molecule has 0 aliphatic heterocycles. The van der Waals surface area contributed by atoms with Crippen LogP contribution in [0.2, 0.25) is 5.02 Å². The fourth-order valence-electron chi connectivity index (χ4n) is 2.93. The van der Waals surface area contributed by atoms with E-state index >= 15 is 0 Å². The first-order valence-corrected chi connectivity index (χ1v) is 10.9. The lowest BCUT2D eigenvalue weighted by molar-refractivity contribution is 0.125. The van der Waals surface area contributed by atoms with Crippen molar-refractivity contribution in [3.05, 3.63) is 88.9 Å². The lowest BCUT2D eigenvalue weighted by atomic mass is 10.1. The van der Waals surface area contributed by atoms with E-state index in [1.807, 2.05) is 72.8 Å². The summed E-state index contributed by atoms with van der Waals surface area (Å²) in [6.45, 7) is 0.518. The van der Waals surface area contributed by atoms with Crippen LogP contribution in [0.1, 0.15) is 24.0 Å². The van der Waals surface area contributed by atoms with Crippen LogP contribution in [0.3, 0.4) is 0 Å². The lowest BCUT2D eigenvalue weighted by Crippen LogP contribution is -2.09. The van der Waals surface area contributed by atoms with Crippen molar-refractivity contribution in [1.29, 1.82) is 0 Å². The van der Waals surface area contributed by atoms with E-state index in [1.54, 1.807) is 11.8 Å². The molecule has 3 aromatic carbocycles. The van der Waals surface area contributed by atoms with Crippen molar-refractivity contribution in [2.75, 3.05) is 6.61 Å². The number of ether oxygens (including phenoxy) is 1. The summed E-state index contributed by atoms with van der Waals surface area (Å²) < 4.78 is 6.04. The second-order valence-electron chi connectivity index (χ2n) is 6.78. The van der Waals surface area contributed by atoms with Gasteiger partial charge < -0.3 is 14.9 Å². The first-order valence-electron chi connectivity index (χ1n) is 9.66. The molecule has 0 radical (unpaired) electrons. The Balaban J connectivity index is 1.64. The zero-order chi connectivity index (χ0) is 20.5. The van der Waals surface area contributed by atoms with Gasteiger partial charge in [0.1, 0.15) is 12.4 Å². The lowest BCUT2D eigenvalue weighted by Gasteiger charge is -2.13. The first kappa shape index (κ1) is 21.7. The van der Waals surface area contributed by atoms with Crippen LogP contribution in [-0.2, 0) is 13.0 Å². The number of hydrogen-bond acceptors (Lipinski definition) is 4. The van der Waals surface area contributed by atoms with Crippen molar-refractivity contribution in [2.45, 2.75) is 41.8 Å². The highest BCUT2D eigenvalue weighted by molar-refractivity contribution is 7.99. The van der Waals surface area contributed by atoms with Crippen LogP contribution in [0.4, 0.5) is 0 Å². The number of halogens is 1. The van der Waals surface area contributed by atoms with E-state index in [2.05, 4.69) is 0 Å². The van der Waals surface area contributed by atoms with Crippen LogP contribution < -0.4 is 4.74 Å². The predicted octanol–water partition coefficient (Wildman–Crippen LogP) is 5.75. The fraction of sp³-hybridized carbons (Fsp3) is 0.250. The van der Waals surface area contributed by atoms with E-state index in [9.17, 15) is 5.11 Å². The topological polar surface area (TPSA) is 49.7 Å². The smallest absolute Gasteiger partial charge is 0.133 e. The minimum atomic E-state index is -0.501. The average Bonchev–Trinajstić information content (AvgIpc) is 2.73. The zero-order valence-corrected chi connectivity index (χ0v) is 17.7. The number of aliphatic hydroxyl groups excluding tert-OH is 2. The van der Waals surface area contributed by atoms with Gasteiger partial charge in [-0.1, -0.05) is 71.9 Å². The maximum Gasteiger partial charge on any atom is 0.133 e. The van der Waals surface area contributed by atoms with E-state index in [1.165, 1.54) is 0 Å². The highest BCUT2D eigenvalue weighted by Gasteiger charge is 2.10. The monoisotopic (exact) mass is 428 g/mol. The molecule has 0 heterocycles. The van der Waals surface area contributed by atoms with Gasteiger partial charge >= 0.3 is 0 Å². The van der Waals surface area contributed by atoms with Gasteiger partial charge in [0.15, 0.2) is 0 Å². The van der Waals surface area contributed by atoms with Gasteiger partial charge in [-0.3, -0.25) is 0 Å². The molecule has 0 aliphatic rings. The molecule has 2 N–H and O–H groups in total. The van der Waals surface area contributed by atoms with Gasteiger partial charge in [-0.05, 0) is 54.7 Å². The molecule has 0 saturated heterocycles. The number of aryl methyl sites for hydroxylation is 1. The molecule has 3 aromatic rings. The summed E-state index contributed by atoms with van der Waals surface area (Å²) in [5.74, 6) is 0.841. The minimum absolute atomic E-state index is 0.00374. The molecule has 0 aromatic heterocycles. The summed E-state index contributed by atoms with van der Waals surface area (Å²) in [7, 11) is 0. The van der Waals surface area contributed by atoms with Crippen LogP contribution in [-0.4, -0.2) is 22.9 Å². The zero-order valence-electron chi connectivity index (χ0n) is 16.1. The van der Waals surface area contributed by atoms with Gasteiger partial charge in [-0.25, -0.2) is 0 Å². The van der Waals surface area contributed by atoms with Gasteiger partial charge in [0.2, 0.25) is 0 Å². The average molecular weight is 429 g/mol. The van der Waals surface area contributed by atoms with Crippen LogP contribution in [0, 0.1) is 0 Å². The molecule has 0 bridgehead atoms. The molecular weight excluding hydrogens is 404 g/mol. The van der Waals surface area contributed by atoms with Crippen LogP contribution in [0.5, 0.6) is 5.75 Å². The summed E-state index contributed by atoms with van der Waals surface area (Å²) >= 11 is 8.07. The third-order valence-electron chi connectivity index (χ3n) is 4.55. The Kier molecular flexibility index (Phi) is 8.44. The van der Waals surface area contributed by atoms with Crippen molar-refractivity contribution in [3.8, 4) is 5.75 Å². The molecule has 152 valence electrons. The molecule has 3 rings (SSSR count). The fourth-order valence-corrected chi connectivity index (χ4v) is 4.21. The third-order valence-corrected chi connectivity index (χ3v) is 5.95. The Hall–Kier alpha value is -1.98. The van der Waals surface area contributed by atoms with E-state index in [4.69, 9.17) is 21.4 Å². The Bertz CT molecular complexity index is 902. The molecule has 1 unspecified atom stereocenters. The van der Waals surface area contributed by atoms with E-state index < -0.39 is 6.10 Å². The first-order chi connectivity index (χ1) is 14.2. The molecule has 1 atom stereocenters. The van der Waals surface area contributed by atoms with Crippen LogP contribution in [0.25, 0.3) is 0 Å². The van der Waals surface area contributed by atoms with E-state index in [0.29, 0.717) is 30.9 Å². The van der Waals surface area contributed by atoms with Crippen molar-refractivity contribution < 1.29 is 14.9 Å². The second kappa shape index (κ2) is 11.3. The SMILES string of the molecule is OCCC(O)CCc1ccc(Sc2ccccc2OCc2ccccc2)cc1Cl. The van der Waals surface area contributed by atoms with Gasteiger partial charge in [0.25, 0.3) is 0 Å². The Morgan fingerprint density at radius 2 is 1.69 bits per heavy atom. The van der Waals surface area contributed by atoms with Gasteiger partial charge in [0, 0.05) is 16.5 Å². The quantitative estimate of drug-likeness (QED) is 0.432. The van der Waals surface area contributed by atoms with E-state index in [0.717, 1.165) is 26.7 Å². The number of para-hydroxylation sites is 1. The van der Waals surface area contributed by atoms with Crippen molar-refractivity contribution in [3.63, 3.8) is 0 Å². The molecule has 0 spiro atoms. The normalized spacial score (nSPS) is 12.0. The molecule has 0 aliphatic carbocycles. The maximum absolute atomic E-state index is 9.79. The van der Waals surface area contributed by atoms with Gasteiger partial charge in [-0.2, -0.15) is 0 Å². The van der Waals surface area contributed by atoms with Crippen LogP contribution in [0.15, 0.2) is 82.6 Å². The standard InChI is InChI=1S/C24H25ClO3S/c25-22-16-21(13-11-19(22)10-12-20(27)14-15-26)29-24-9-5-4-8-23(24)28-17-18-6-2-1-3-7-18/h1-9,11,13,16,20,26-27H,10,12,14-15,17H2. The second-order valence-corrected chi connectivity index (χ2v) is 8.30. The number of benzene rings is 3. The Morgan fingerprint density at radius 1 is 0.931 bits per heavy atom. The third kappa shape index (κ3) is 6.79. The van der Waals surface area contributed by atoms with E-state index in [-0.39, 0.29) is 6.61 Å². The highest BCUT2D eigenvalue weighted by atomic mass is 35.5. The summed E-state index contributed by atoms with van der Waals surface area (Å²) in [5.41, 5.74) is 2.13. The summed E-state index contributed by atoms with van der Waals surface area (Å²) in [5, 5.41) is 19.4. The van der Waals surface area contributed by atoms with Gasteiger partial charge in [-0.15, -0.1) is 0 Å². The highest BCUT2D eigenvalue weighted by Crippen LogP contribution is 2.37. The molecule has 0 amide bonds. The Morgan fingerprint density at radius 3 is 2.45 bits per heavy atom. The molecule has 5 heteroatoms. The van der Waals surface area contributed by atoms with Gasteiger partial charge in [0.05, 0.1) is 11.0 Å². The summed E-state index contributed by atoms with van der Waals surface area (Å²) in [6.07, 6.45) is 1.16. The van der Waals surface area contributed by atoms with Crippen molar-refractivity contribution >= 4 is 23.4 Å². The van der Waals surface area contributed by atoms with Crippen LogP contribution >= 0.6 is 23.4 Å². The summed E-state index contributed by atoms with van der Waals surface area (Å²) in [6, 6.07) is 24.1. The number of aliphatic hydroxyl groups is 2. The largest absolute Gasteiger partial charge is 0.488 e. The Labute approximate surface area is 181 Å². The number of hydrogen-bond donors (Lipinski definition) is 2. The molecule has 0 saturated carbocycles. The molecular formula is C24H25ClO3S.